The molecule has 0 heterocycles. The Kier molecular flexibility index (Phi) is 4.29. The van der Waals surface area contributed by atoms with Crippen molar-refractivity contribution in [1.29, 1.82) is 0 Å². The Balaban J connectivity index is 1.89. The average Bonchev–Trinajstić information content (AvgIpc) is 2.82. The van der Waals surface area contributed by atoms with Gasteiger partial charge in [-0.2, -0.15) is 0 Å². The van der Waals surface area contributed by atoms with E-state index in [4.69, 9.17) is 16.7 Å². The number of carbonyl (C=O) groups is 2. The second-order valence-electron chi connectivity index (χ2n) is 4.73. The van der Waals surface area contributed by atoms with Crippen molar-refractivity contribution in [3.05, 3.63) is 40.9 Å². The molecule has 20 heavy (non-hydrogen) atoms. The Labute approximate surface area is 121 Å². The van der Waals surface area contributed by atoms with Crippen LogP contribution in [0.25, 0.3) is 0 Å². The van der Waals surface area contributed by atoms with Crippen LogP contribution in [-0.4, -0.2) is 23.1 Å². The van der Waals surface area contributed by atoms with E-state index in [1.165, 1.54) is 0 Å². The number of halogens is 1. The SMILES string of the molecule is Cc1ccc(NC(=O)NC2C=CC(C(=O)O)C2)cc1Cl. The molecular formula is C14H15ClN2O3. The van der Waals surface area contributed by atoms with E-state index in [-0.39, 0.29) is 12.1 Å². The van der Waals surface area contributed by atoms with Gasteiger partial charge in [0.05, 0.1) is 12.0 Å². The molecule has 6 heteroatoms. The Morgan fingerprint density at radius 3 is 2.70 bits per heavy atom. The van der Waals surface area contributed by atoms with Crippen molar-refractivity contribution in [2.45, 2.75) is 19.4 Å². The summed E-state index contributed by atoms with van der Waals surface area (Å²) in [5.41, 5.74) is 1.52. The van der Waals surface area contributed by atoms with Crippen LogP contribution in [0.5, 0.6) is 0 Å². The van der Waals surface area contributed by atoms with E-state index in [0.29, 0.717) is 17.1 Å². The summed E-state index contributed by atoms with van der Waals surface area (Å²) in [6.45, 7) is 1.88. The van der Waals surface area contributed by atoms with Crippen LogP contribution < -0.4 is 10.6 Å². The number of hydrogen-bond acceptors (Lipinski definition) is 2. The van der Waals surface area contributed by atoms with Crippen LogP contribution in [0.3, 0.4) is 0 Å². The predicted molar refractivity (Wildman–Crippen MR) is 77.0 cm³/mol. The van der Waals surface area contributed by atoms with Gasteiger partial charge >= 0.3 is 12.0 Å². The lowest BCUT2D eigenvalue weighted by Crippen LogP contribution is -2.36. The number of urea groups is 1. The molecule has 1 aliphatic rings. The van der Waals surface area contributed by atoms with Crippen molar-refractivity contribution in [3.8, 4) is 0 Å². The van der Waals surface area contributed by atoms with E-state index >= 15 is 0 Å². The molecule has 1 aliphatic carbocycles. The number of carboxylic acid groups (broad SMARTS) is 1. The number of hydrogen-bond donors (Lipinski definition) is 3. The fraction of sp³-hybridized carbons (Fsp3) is 0.286. The summed E-state index contributed by atoms with van der Waals surface area (Å²) in [6, 6.07) is 4.59. The Hall–Kier alpha value is -2.01. The number of amides is 2. The van der Waals surface area contributed by atoms with Crippen LogP contribution in [0.4, 0.5) is 10.5 Å². The highest BCUT2D eigenvalue weighted by Crippen LogP contribution is 2.21. The summed E-state index contributed by atoms with van der Waals surface area (Å²) in [5, 5.41) is 14.8. The van der Waals surface area contributed by atoms with Gasteiger partial charge in [-0.15, -0.1) is 0 Å². The van der Waals surface area contributed by atoms with Crippen LogP contribution in [0, 0.1) is 12.8 Å². The highest BCUT2D eigenvalue weighted by atomic mass is 35.5. The quantitative estimate of drug-likeness (QED) is 0.750. The summed E-state index contributed by atoms with van der Waals surface area (Å²) in [4.78, 5) is 22.6. The van der Waals surface area contributed by atoms with Crippen molar-refractivity contribution < 1.29 is 14.7 Å². The fourth-order valence-electron chi connectivity index (χ4n) is 2.00. The lowest BCUT2D eigenvalue weighted by Gasteiger charge is -2.13. The highest BCUT2D eigenvalue weighted by molar-refractivity contribution is 6.31. The Morgan fingerprint density at radius 1 is 1.35 bits per heavy atom. The number of benzene rings is 1. The van der Waals surface area contributed by atoms with Gasteiger partial charge in [-0.05, 0) is 31.0 Å². The zero-order chi connectivity index (χ0) is 14.7. The lowest BCUT2D eigenvalue weighted by molar-refractivity contribution is -0.140. The molecule has 3 N–H and O–H groups in total. The van der Waals surface area contributed by atoms with Crippen LogP contribution in [0.1, 0.15) is 12.0 Å². The molecule has 5 nitrogen and oxygen atoms in total. The van der Waals surface area contributed by atoms with E-state index in [0.717, 1.165) is 5.56 Å². The van der Waals surface area contributed by atoms with E-state index in [1.807, 2.05) is 13.0 Å². The molecular weight excluding hydrogens is 280 g/mol. The smallest absolute Gasteiger partial charge is 0.319 e. The molecule has 2 unspecified atom stereocenters. The van der Waals surface area contributed by atoms with Crippen LogP contribution in [0.2, 0.25) is 5.02 Å². The fourth-order valence-corrected chi connectivity index (χ4v) is 2.18. The summed E-state index contributed by atoms with van der Waals surface area (Å²) >= 11 is 5.97. The molecule has 0 aromatic heterocycles. The van der Waals surface area contributed by atoms with Crippen LogP contribution >= 0.6 is 11.6 Å². The van der Waals surface area contributed by atoms with E-state index in [2.05, 4.69) is 10.6 Å². The molecule has 0 bridgehead atoms. The lowest BCUT2D eigenvalue weighted by atomic mass is 10.1. The van der Waals surface area contributed by atoms with E-state index in [1.54, 1.807) is 24.3 Å². The molecule has 0 spiro atoms. The number of rotatable bonds is 3. The number of aryl methyl sites for hydroxylation is 1. The van der Waals surface area contributed by atoms with Gasteiger partial charge in [0.25, 0.3) is 0 Å². The van der Waals surface area contributed by atoms with Crippen molar-refractivity contribution >= 4 is 29.3 Å². The first-order valence-corrected chi connectivity index (χ1v) is 6.58. The molecule has 2 amide bonds. The van der Waals surface area contributed by atoms with Crippen molar-refractivity contribution in [1.82, 2.24) is 5.32 Å². The van der Waals surface area contributed by atoms with Crippen LogP contribution in [-0.2, 0) is 4.79 Å². The van der Waals surface area contributed by atoms with Gasteiger partial charge < -0.3 is 15.7 Å². The van der Waals surface area contributed by atoms with Gasteiger partial charge in [-0.1, -0.05) is 29.8 Å². The third-order valence-electron chi connectivity index (χ3n) is 3.15. The number of carbonyl (C=O) groups excluding carboxylic acids is 1. The first kappa shape index (κ1) is 14.4. The minimum atomic E-state index is -0.878. The first-order chi connectivity index (χ1) is 9.45. The standard InChI is InChI=1S/C14H15ClN2O3/c1-8-2-4-11(7-12(8)15)17-14(20)16-10-5-3-9(6-10)13(18)19/h2-5,7,9-10H,6H2,1H3,(H,18,19)(H2,16,17,20). The van der Waals surface area contributed by atoms with Gasteiger partial charge in [0.1, 0.15) is 0 Å². The van der Waals surface area contributed by atoms with Crippen LogP contribution in [0.15, 0.2) is 30.4 Å². The maximum absolute atomic E-state index is 11.8. The minimum Gasteiger partial charge on any atom is -0.481 e. The average molecular weight is 295 g/mol. The molecule has 2 atom stereocenters. The minimum absolute atomic E-state index is 0.267. The van der Waals surface area contributed by atoms with Crippen molar-refractivity contribution in [3.63, 3.8) is 0 Å². The van der Waals surface area contributed by atoms with Gasteiger partial charge in [0.15, 0.2) is 0 Å². The summed E-state index contributed by atoms with van der Waals surface area (Å²) < 4.78 is 0. The molecule has 0 saturated heterocycles. The number of carboxylic acids is 1. The zero-order valence-electron chi connectivity index (χ0n) is 10.9. The van der Waals surface area contributed by atoms with Gasteiger partial charge in [-0.25, -0.2) is 4.79 Å². The molecule has 106 valence electrons. The first-order valence-electron chi connectivity index (χ1n) is 6.20. The molecule has 0 radical (unpaired) electrons. The number of anilines is 1. The predicted octanol–water partition coefficient (Wildman–Crippen LogP) is 2.80. The topological polar surface area (TPSA) is 78.4 Å². The Bertz CT molecular complexity index is 572. The number of nitrogens with one attached hydrogen (secondary N) is 2. The van der Waals surface area contributed by atoms with E-state index in [9.17, 15) is 9.59 Å². The second kappa shape index (κ2) is 5.96. The monoisotopic (exact) mass is 294 g/mol. The summed E-state index contributed by atoms with van der Waals surface area (Å²) in [6.07, 6.45) is 3.66. The van der Waals surface area contributed by atoms with E-state index < -0.39 is 11.9 Å². The van der Waals surface area contributed by atoms with Crippen molar-refractivity contribution in [2.75, 3.05) is 5.32 Å². The zero-order valence-corrected chi connectivity index (χ0v) is 11.6. The summed E-state index contributed by atoms with van der Waals surface area (Å²) in [7, 11) is 0. The van der Waals surface area contributed by atoms with Gasteiger partial charge in [0.2, 0.25) is 0 Å². The third-order valence-corrected chi connectivity index (χ3v) is 3.55. The molecule has 1 aromatic carbocycles. The Morgan fingerprint density at radius 2 is 2.10 bits per heavy atom. The maximum Gasteiger partial charge on any atom is 0.319 e. The second-order valence-corrected chi connectivity index (χ2v) is 5.14. The molecule has 0 saturated carbocycles. The number of aliphatic carboxylic acids is 1. The molecule has 1 aromatic rings. The normalized spacial score (nSPS) is 20.7. The third kappa shape index (κ3) is 3.51. The van der Waals surface area contributed by atoms with Crippen molar-refractivity contribution in [2.24, 2.45) is 5.92 Å². The van der Waals surface area contributed by atoms with Gasteiger partial charge in [0, 0.05) is 10.7 Å². The van der Waals surface area contributed by atoms with Gasteiger partial charge in [-0.3, -0.25) is 4.79 Å². The molecule has 2 rings (SSSR count). The maximum atomic E-state index is 11.8. The molecule has 0 fully saturated rings. The largest absolute Gasteiger partial charge is 0.481 e. The highest BCUT2D eigenvalue weighted by Gasteiger charge is 2.25. The molecule has 0 aliphatic heterocycles. The summed E-state index contributed by atoms with van der Waals surface area (Å²) in [5.74, 6) is -1.41.